The average Bonchev–Trinajstić information content (AvgIpc) is 3.29. The Bertz CT molecular complexity index is 1210. The normalized spacial score (nSPS) is 26.3. The summed E-state index contributed by atoms with van der Waals surface area (Å²) in [5.41, 5.74) is 2.28. The summed E-state index contributed by atoms with van der Waals surface area (Å²) in [5, 5.41) is 0. The molecule has 0 spiro atoms. The standard InChI is InChI=1S/C21H25N5O3S/c1-15-13-29-10-9-25(15)19-12-18(21(2)8-5-11-30(21,27)28)23-20(24-19)26-14-22-16-6-3-4-7-17(16)26/h3-4,6-7,12,14-15H,5,8-11,13H2,1-2H3. The molecular formula is C21H25N5O3S. The number of para-hydroxylation sites is 2. The molecule has 2 saturated heterocycles. The van der Waals surface area contributed by atoms with Gasteiger partial charge in [0.15, 0.2) is 9.84 Å². The maximum Gasteiger partial charge on any atom is 0.237 e. The fraction of sp³-hybridized carbons (Fsp3) is 0.476. The third-order valence-electron chi connectivity index (χ3n) is 6.33. The number of sulfone groups is 1. The molecule has 8 nitrogen and oxygen atoms in total. The Morgan fingerprint density at radius 2 is 2.07 bits per heavy atom. The summed E-state index contributed by atoms with van der Waals surface area (Å²) < 4.78 is 32.3. The lowest BCUT2D eigenvalue weighted by molar-refractivity contribution is 0.0985. The van der Waals surface area contributed by atoms with Gasteiger partial charge in [-0.3, -0.25) is 4.57 Å². The lowest BCUT2D eigenvalue weighted by Gasteiger charge is -2.35. The molecule has 3 aromatic rings. The molecule has 4 heterocycles. The van der Waals surface area contributed by atoms with E-state index in [4.69, 9.17) is 14.7 Å². The molecule has 5 rings (SSSR count). The topological polar surface area (TPSA) is 90.2 Å². The summed E-state index contributed by atoms with van der Waals surface area (Å²) in [6, 6.07) is 9.77. The smallest absolute Gasteiger partial charge is 0.237 e. The van der Waals surface area contributed by atoms with Crippen molar-refractivity contribution in [2.45, 2.75) is 37.5 Å². The van der Waals surface area contributed by atoms with Gasteiger partial charge in [0.25, 0.3) is 0 Å². The van der Waals surface area contributed by atoms with Gasteiger partial charge in [-0.25, -0.2) is 18.4 Å². The molecule has 30 heavy (non-hydrogen) atoms. The Labute approximate surface area is 175 Å². The second-order valence-electron chi connectivity index (χ2n) is 8.29. The zero-order valence-electron chi connectivity index (χ0n) is 17.2. The molecule has 2 unspecified atom stereocenters. The number of rotatable bonds is 3. The first kappa shape index (κ1) is 19.4. The number of anilines is 1. The van der Waals surface area contributed by atoms with Gasteiger partial charge in [0, 0.05) is 12.6 Å². The zero-order chi connectivity index (χ0) is 20.9. The van der Waals surface area contributed by atoms with Crippen molar-refractivity contribution in [3.63, 3.8) is 0 Å². The van der Waals surface area contributed by atoms with Crippen LogP contribution in [0.1, 0.15) is 32.4 Å². The third-order valence-corrected chi connectivity index (χ3v) is 8.94. The van der Waals surface area contributed by atoms with Gasteiger partial charge < -0.3 is 9.64 Å². The van der Waals surface area contributed by atoms with E-state index in [1.165, 1.54) is 0 Å². The van der Waals surface area contributed by atoms with Crippen molar-refractivity contribution in [2.75, 3.05) is 30.4 Å². The van der Waals surface area contributed by atoms with Gasteiger partial charge in [-0.05, 0) is 38.8 Å². The van der Waals surface area contributed by atoms with Crippen molar-refractivity contribution in [1.82, 2.24) is 19.5 Å². The molecule has 1 aromatic carbocycles. The van der Waals surface area contributed by atoms with Crippen LogP contribution >= 0.6 is 0 Å². The van der Waals surface area contributed by atoms with Crippen LogP contribution in [0.4, 0.5) is 5.82 Å². The Morgan fingerprint density at radius 3 is 2.83 bits per heavy atom. The van der Waals surface area contributed by atoms with Gasteiger partial charge in [0.05, 0.1) is 41.7 Å². The molecule has 9 heteroatoms. The predicted octanol–water partition coefficient (Wildman–Crippen LogP) is 2.46. The average molecular weight is 428 g/mol. The summed E-state index contributed by atoms with van der Waals surface area (Å²) in [6.07, 6.45) is 2.91. The molecule has 0 aliphatic carbocycles. The van der Waals surface area contributed by atoms with E-state index < -0.39 is 14.6 Å². The maximum atomic E-state index is 12.9. The summed E-state index contributed by atoms with van der Waals surface area (Å²) >= 11 is 0. The summed E-state index contributed by atoms with van der Waals surface area (Å²) in [4.78, 5) is 16.2. The van der Waals surface area contributed by atoms with Crippen LogP contribution in [0.2, 0.25) is 0 Å². The minimum Gasteiger partial charge on any atom is -0.377 e. The number of aromatic nitrogens is 4. The molecule has 0 bridgehead atoms. The molecule has 2 aliphatic rings. The van der Waals surface area contributed by atoms with Gasteiger partial charge in [-0.2, -0.15) is 4.98 Å². The minimum atomic E-state index is -3.29. The van der Waals surface area contributed by atoms with Crippen LogP contribution in [0.5, 0.6) is 0 Å². The SMILES string of the molecule is CC1COCCN1c1cc(C2(C)CCCS2(=O)=O)nc(-n2cnc3ccccc32)n1. The van der Waals surface area contributed by atoms with Crippen LogP contribution < -0.4 is 4.90 Å². The largest absolute Gasteiger partial charge is 0.377 e. The number of morpholine rings is 1. The Kier molecular flexibility index (Phi) is 4.55. The van der Waals surface area contributed by atoms with Crippen molar-refractivity contribution in [2.24, 2.45) is 0 Å². The van der Waals surface area contributed by atoms with Crippen molar-refractivity contribution in [3.05, 3.63) is 42.4 Å². The quantitative estimate of drug-likeness (QED) is 0.634. The second-order valence-corrected chi connectivity index (χ2v) is 10.8. The molecule has 0 saturated carbocycles. The molecule has 2 aliphatic heterocycles. The second kappa shape index (κ2) is 7.02. The van der Waals surface area contributed by atoms with E-state index in [0.717, 1.165) is 16.9 Å². The number of imidazole rings is 1. The van der Waals surface area contributed by atoms with Crippen LogP contribution in [0.15, 0.2) is 36.7 Å². The molecule has 2 fully saturated rings. The Hall–Kier alpha value is -2.52. The fourth-order valence-corrected chi connectivity index (χ4v) is 6.25. The van der Waals surface area contributed by atoms with Crippen LogP contribution in [0.25, 0.3) is 17.0 Å². The highest BCUT2D eigenvalue weighted by atomic mass is 32.2. The zero-order valence-corrected chi connectivity index (χ0v) is 18.0. The summed E-state index contributed by atoms with van der Waals surface area (Å²) in [5.74, 6) is 1.37. The van der Waals surface area contributed by atoms with E-state index in [0.29, 0.717) is 44.2 Å². The van der Waals surface area contributed by atoms with Crippen molar-refractivity contribution in [1.29, 1.82) is 0 Å². The van der Waals surface area contributed by atoms with E-state index in [-0.39, 0.29) is 11.8 Å². The molecule has 2 aromatic heterocycles. The number of ether oxygens (including phenoxy) is 1. The van der Waals surface area contributed by atoms with Crippen molar-refractivity contribution >= 4 is 26.7 Å². The first-order valence-corrected chi connectivity index (χ1v) is 11.9. The molecule has 0 N–H and O–H groups in total. The highest BCUT2D eigenvalue weighted by molar-refractivity contribution is 7.92. The van der Waals surface area contributed by atoms with Gasteiger partial charge in [0.1, 0.15) is 16.9 Å². The predicted molar refractivity (Wildman–Crippen MR) is 115 cm³/mol. The molecule has 0 radical (unpaired) electrons. The van der Waals surface area contributed by atoms with Crippen LogP contribution in [-0.4, -0.2) is 59.5 Å². The van der Waals surface area contributed by atoms with Crippen LogP contribution in [0, 0.1) is 0 Å². The van der Waals surface area contributed by atoms with E-state index in [1.54, 1.807) is 13.3 Å². The van der Waals surface area contributed by atoms with Crippen molar-refractivity contribution < 1.29 is 13.2 Å². The monoisotopic (exact) mass is 427 g/mol. The van der Waals surface area contributed by atoms with Crippen molar-refractivity contribution in [3.8, 4) is 5.95 Å². The van der Waals surface area contributed by atoms with E-state index >= 15 is 0 Å². The Balaban J connectivity index is 1.72. The number of hydrogen-bond acceptors (Lipinski definition) is 7. The van der Waals surface area contributed by atoms with Gasteiger partial charge in [-0.15, -0.1) is 0 Å². The fourth-order valence-electron chi connectivity index (χ4n) is 4.40. The van der Waals surface area contributed by atoms with Gasteiger partial charge in [-0.1, -0.05) is 12.1 Å². The molecule has 2 atom stereocenters. The lowest BCUT2D eigenvalue weighted by atomic mass is 10.0. The van der Waals surface area contributed by atoms with Gasteiger partial charge in [0.2, 0.25) is 5.95 Å². The van der Waals surface area contributed by atoms with Crippen LogP contribution in [0.3, 0.4) is 0 Å². The first-order valence-electron chi connectivity index (χ1n) is 10.3. The maximum absolute atomic E-state index is 12.9. The van der Waals surface area contributed by atoms with E-state index in [2.05, 4.69) is 16.8 Å². The summed E-state index contributed by atoms with van der Waals surface area (Å²) in [7, 11) is -3.29. The highest BCUT2D eigenvalue weighted by Crippen LogP contribution is 2.41. The lowest BCUT2D eigenvalue weighted by Crippen LogP contribution is -2.44. The third kappa shape index (κ3) is 2.99. The number of fused-ring (bicyclic) bond motifs is 1. The minimum absolute atomic E-state index is 0.141. The van der Waals surface area contributed by atoms with E-state index in [1.807, 2.05) is 34.9 Å². The van der Waals surface area contributed by atoms with Gasteiger partial charge >= 0.3 is 0 Å². The molecule has 158 valence electrons. The molecule has 0 amide bonds. The number of nitrogens with zero attached hydrogens (tertiary/aromatic N) is 5. The number of hydrogen-bond donors (Lipinski definition) is 0. The Morgan fingerprint density at radius 1 is 1.23 bits per heavy atom. The van der Waals surface area contributed by atoms with E-state index in [9.17, 15) is 8.42 Å². The number of benzene rings is 1. The first-order chi connectivity index (χ1) is 14.4. The highest BCUT2D eigenvalue weighted by Gasteiger charge is 2.47. The van der Waals surface area contributed by atoms with Crippen LogP contribution in [-0.2, 0) is 19.3 Å². The molecular weight excluding hydrogens is 402 g/mol. The summed E-state index contributed by atoms with van der Waals surface area (Å²) in [6.45, 7) is 5.80.